The van der Waals surface area contributed by atoms with Gasteiger partial charge in [0, 0.05) is 0 Å². The van der Waals surface area contributed by atoms with Gasteiger partial charge in [-0.25, -0.2) is 0 Å². The Bertz CT molecular complexity index is 160. The summed E-state index contributed by atoms with van der Waals surface area (Å²) in [4.78, 5) is 0. The van der Waals surface area contributed by atoms with Gasteiger partial charge in [-0.1, -0.05) is 10.5 Å². The van der Waals surface area contributed by atoms with Gasteiger partial charge in [0.25, 0.3) is 0 Å². The van der Waals surface area contributed by atoms with Crippen LogP contribution >= 0.6 is 15.9 Å². The van der Waals surface area contributed by atoms with Crippen LogP contribution in [0.15, 0.2) is 28.7 Å². The molecule has 0 nitrogen and oxygen atoms in total. The Labute approximate surface area is 57.7 Å². The molecule has 0 N–H and O–H groups in total. The zero-order chi connectivity index (χ0) is 5.98. The minimum atomic E-state index is 1.03. The first-order valence-corrected chi connectivity index (χ1v) is 3.16. The zero-order valence-electron chi connectivity index (χ0n) is 4.39. The second-order valence-corrected chi connectivity index (χ2v) is 2.45. The molecule has 0 spiro atoms. The summed E-state index contributed by atoms with van der Waals surface area (Å²) in [6.07, 6.45) is 0. The first-order chi connectivity index (χ1) is 3.80. The molecule has 0 saturated carbocycles. The average molecular weight is 170 g/mol. The van der Waals surface area contributed by atoms with Gasteiger partial charge in [0.2, 0.25) is 0 Å². The van der Waals surface area contributed by atoms with E-state index in [2.05, 4.69) is 22.9 Å². The molecule has 8 heavy (non-hydrogen) atoms. The SMILES string of the molecule is [CH2-]c1ccccc1Br. The van der Waals surface area contributed by atoms with E-state index >= 15 is 0 Å². The predicted octanol–water partition coefficient (Wildman–Crippen LogP) is 2.63. The molecular weight excluding hydrogens is 164 g/mol. The highest BCUT2D eigenvalue weighted by molar-refractivity contribution is 9.10. The van der Waals surface area contributed by atoms with Gasteiger partial charge in [-0.15, -0.1) is 28.1 Å². The van der Waals surface area contributed by atoms with Crippen molar-refractivity contribution in [2.24, 2.45) is 0 Å². The molecule has 0 unspecified atom stereocenters. The van der Waals surface area contributed by atoms with Crippen LogP contribution in [0.2, 0.25) is 0 Å². The summed E-state index contributed by atoms with van der Waals surface area (Å²) >= 11 is 3.33. The zero-order valence-corrected chi connectivity index (χ0v) is 5.98. The third-order valence-corrected chi connectivity index (χ3v) is 1.73. The molecule has 0 fully saturated rings. The van der Waals surface area contributed by atoms with E-state index in [0.29, 0.717) is 0 Å². The molecule has 0 saturated heterocycles. The Morgan fingerprint density at radius 3 is 2.25 bits per heavy atom. The molecule has 0 atom stereocenters. The lowest BCUT2D eigenvalue weighted by molar-refractivity contribution is 1.56. The molecule has 1 rings (SSSR count). The van der Waals surface area contributed by atoms with Crippen molar-refractivity contribution in [1.82, 2.24) is 0 Å². The molecule has 1 aromatic rings. The summed E-state index contributed by atoms with van der Waals surface area (Å²) in [5.74, 6) is 0. The van der Waals surface area contributed by atoms with Crippen LogP contribution in [0, 0.1) is 6.92 Å². The van der Waals surface area contributed by atoms with E-state index in [9.17, 15) is 0 Å². The minimum Gasteiger partial charge on any atom is -0.198 e. The van der Waals surface area contributed by atoms with Gasteiger partial charge < -0.3 is 0 Å². The van der Waals surface area contributed by atoms with Gasteiger partial charge >= 0.3 is 0 Å². The molecule has 0 bridgehead atoms. The molecule has 0 radical (unpaired) electrons. The molecule has 0 aromatic heterocycles. The maximum absolute atomic E-state index is 3.77. The average Bonchev–Trinajstić information content (AvgIpc) is 1.77. The number of rotatable bonds is 0. The van der Waals surface area contributed by atoms with Gasteiger partial charge in [-0.05, 0) is 0 Å². The Kier molecular flexibility index (Phi) is 1.59. The molecule has 0 amide bonds. The fraction of sp³-hybridized carbons (Fsp3) is 0. The third-order valence-electron chi connectivity index (χ3n) is 0.958. The lowest BCUT2D eigenvalue weighted by Crippen LogP contribution is -1.69. The molecule has 0 aliphatic heterocycles. The van der Waals surface area contributed by atoms with Crippen LogP contribution in [-0.4, -0.2) is 0 Å². The molecule has 1 aromatic carbocycles. The van der Waals surface area contributed by atoms with Crippen LogP contribution < -0.4 is 0 Å². The Balaban J connectivity index is 3.13. The molecule has 0 heterocycles. The molecule has 42 valence electrons. The van der Waals surface area contributed by atoms with E-state index in [1.54, 1.807) is 0 Å². The number of hydrogen-bond donors (Lipinski definition) is 0. The second kappa shape index (κ2) is 2.23. The van der Waals surface area contributed by atoms with Crippen molar-refractivity contribution in [1.29, 1.82) is 0 Å². The number of halogens is 1. The van der Waals surface area contributed by atoms with Crippen molar-refractivity contribution in [2.75, 3.05) is 0 Å². The van der Waals surface area contributed by atoms with Crippen molar-refractivity contribution in [2.45, 2.75) is 0 Å². The summed E-state index contributed by atoms with van der Waals surface area (Å²) in [5.41, 5.74) is 1.03. The van der Waals surface area contributed by atoms with Crippen LogP contribution in [0.1, 0.15) is 5.56 Å². The summed E-state index contributed by atoms with van der Waals surface area (Å²) in [6, 6.07) is 7.87. The topological polar surface area (TPSA) is 0 Å². The van der Waals surface area contributed by atoms with Crippen molar-refractivity contribution in [3.8, 4) is 0 Å². The largest absolute Gasteiger partial charge is 0.198 e. The molecular formula is C7H6Br-. The van der Waals surface area contributed by atoms with Crippen LogP contribution in [-0.2, 0) is 0 Å². The highest BCUT2D eigenvalue weighted by Gasteiger charge is 1.75. The van der Waals surface area contributed by atoms with Crippen LogP contribution in [0.5, 0.6) is 0 Å². The highest BCUT2D eigenvalue weighted by atomic mass is 79.9. The van der Waals surface area contributed by atoms with Crippen molar-refractivity contribution in [3.63, 3.8) is 0 Å². The Morgan fingerprint density at radius 1 is 1.25 bits per heavy atom. The molecule has 0 aliphatic carbocycles. The van der Waals surface area contributed by atoms with Gasteiger partial charge in [0.1, 0.15) is 0 Å². The smallest absolute Gasteiger partial charge is 0.0850 e. The van der Waals surface area contributed by atoms with E-state index in [-0.39, 0.29) is 0 Å². The first kappa shape index (κ1) is 5.70. The van der Waals surface area contributed by atoms with Gasteiger partial charge in [0.05, 0.1) is 0 Å². The van der Waals surface area contributed by atoms with E-state index < -0.39 is 0 Å². The van der Waals surface area contributed by atoms with Crippen molar-refractivity contribution >= 4 is 15.9 Å². The summed E-state index contributed by atoms with van der Waals surface area (Å²) < 4.78 is 1.07. The van der Waals surface area contributed by atoms with Crippen molar-refractivity contribution in [3.05, 3.63) is 41.2 Å². The summed E-state index contributed by atoms with van der Waals surface area (Å²) in [7, 11) is 0. The second-order valence-electron chi connectivity index (χ2n) is 1.59. The minimum absolute atomic E-state index is 1.03. The summed E-state index contributed by atoms with van der Waals surface area (Å²) in [5, 5.41) is 0. The fourth-order valence-corrected chi connectivity index (χ4v) is 0.783. The number of benzene rings is 1. The van der Waals surface area contributed by atoms with Crippen LogP contribution in [0.25, 0.3) is 0 Å². The van der Waals surface area contributed by atoms with E-state index in [4.69, 9.17) is 0 Å². The lowest BCUT2D eigenvalue weighted by Gasteiger charge is -2.01. The van der Waals surface area contributed by atoms with Crippen LogP contribution in [0.4, 0.5) is 0 Å². The Morgan fingerprint density at radius 2 is 1.88 bits per heavy atom. The quantitative estimate of drug-likeness (QED) is 0.525. The normalized spacial score (nSPS) is 9.12. The van der Waals surface area contributed by atoms with Gasteiger partial charge in [-0.2, -0.15) is 18.6 Å². The fourth-order valence-electron chi connectivity index (χ4n) is 0.498. The third kappa shape index (κ3) is 1.04. The van der Waals surface area contributed by atoms with E-state index in [1.165, 1.54) is 0 Å². The number of hydrogen-bond acceptors (Lipinski definition) is 0. The summed E-state index contributed by atoms with van der Waals surface area (Å²) in [6.45, 7) is 3.77. The van der Waals surface area contributed by atoms with Crippen LogP contribution in [0.3, 0.4) is 0 Å². The predicted molar refractivity (Wildman–Crippen MR) is 38.6 cm³/mol. The van der Waals surface area contributed by atoms with Gasteiger partial charge in [-0.3, -0.25) is 0 Å². The Hall–Kier alpha value is -0.430. The highest BCUT2D eigenvalue weighted by Crippen LogP contribution is 2.13. The van der Waals surface area contributed by atoms with E-state index in [0.717, 1.165) is 10.0 Å². The standard InChI is InChI=1S/C7H6Br/c1-6-4-2-3-5-7(6)8/h2-5H,1H2/q-1. The van der Waals surface area contributed by atoms with E-state index in [1.807, 2.05) is 24.3 Å². The molecule has 1 heteroatoms. The maximum Gasteiger partial charge on any atom is -0.0850 e. The monoisotopic (exact) mass is 169 g/mol. The lowest BCUT2D eigenvalue weighted by atomic mass is 10.2. The molecule has 0 aliphatic rings. The van der Waals surface area contributed by atoms with Crippen molar-refractivity contribution < 1.29 is 0 Å². The first-order valence-electron chi connectivity index (χ1n) is 2.37. The maximum atomic E-state index is 3.77. The van der Waals surface area contributed by atoms with Gasteiger partial charge in [0.15, 0.2) is 0 Å².